The van der Waals surface area contributed by atoms with Gasteiger partial charge in [-0.3, -0.25) is 14.3 Å². The highest BCUT2D eigenvalue weighted by molar-refractivity contribution is 5.99. The Balaban J connectivity index is 1.46. The Morgan fingerprint density at radius 3 is 2.28 bits per heavy atom. The number of rotatable bonds is 7. The number of aromatic nitrogens is 2. The lowest BCUT2D eigenvalue weighted by atomic mass is 10.1. The molecule has 8 heteroatoms. The number of hydrogen-bond donors (Lipinski definition) is 2. The molecular formula is C28H28N4O4. The normalized spacial score (nSPS) is 10.7. The molecule has 36 heavy (non-hydrogen) atoms. The summed E-state index contributed by atoms with van der Waals surface area (Å²) in [5, 5.41) is 5.88. The van der Waals surface area contributed by atoms with Crippen molar-refractivity contribution >= 4 is 28.9 Å². The van der Waals surface area contributed by atoms with Crippen LogP contribution in [0.15, 0.2) is 77.6 Å². The summed E-state index contributed by atoms with van der Waals surface area (Å²) in [5.41, 5.74) is 4.96. The molecule has 0 aliphatic carbocycles. The highest BCUT2D eigenvalue weighted by Gasteiger charge is 2.20. The van der Waals surface area contributed by atoms with Crippen molar-refractivity contribution in [1.82, 2.24) is 9.36 Å². The van der Waals surface area contributed by atoms with Crippen LogP contribution in [0.5, 0.6) is 0 Å². The summed E-state index contributed by atoms with van der Waals surface area (Å²) in [7, 11) is 1.74. The first-order valence-electron chi connectivity index (χ1n) is 11.5. The van der Waals surface area contributed by atoms with E-state index in [9.17, 15) is 14.4 Å². The fraction of sp³-hybridized carbons (Fsp3) is 0.179. The van der Waals surface area contributed by atoms with E-state index in [2.05, 4.69) is 10.6 Å². The number of carbonyl (C=O) groups is 2. The molecule has 2 N–H and O–H groups in total. The zero-order valence-corrected chi connectivity index (χ0v) is 20.7. The quantitative estimate of drug-likeness (QED) is 0.373. The third-order valence-electron chi connectivity index (χ3n) is 6.17. The standard InChI is InChI=1S/C28H28N4O4/c1-18-11-10-16-23(19(18)2)29-24-15-9-8-14-22(24)28(35)36-17-25(33)30-26-20(3)31(4)32(27(26)34)21-12-6-5-7-13-21/h5-16,29H,17H2,1-4H3,(H,30,33). The van der Waals surface area contributed by atoms with Gasteiger partial charge in [-0.15, -0.1) is 0 Å². The molecule has 0 atom stereocenters. The molecule has 8 nitrogen and oxygen atoms in total. The van der Waals surface area contributed by atoms with Gasteiger partial charge in [-0.2, -0.15) is 0 Å². The molecular weight excluding hydrogens is 456 g/mol. The van der Waals surface area contributed by atoms with Gasteiger partial charge >= 0.3 is 5.97 Å². The number of benzene rings is 3. The molecule has 4 rings (SSSR count). The minimum atomic E-state index is -0.648. The number of para-hydroxylation sites is 2. The van der Waals surface area contributed by atoms with Crippen LogP contribution in [0.1, 0.15) is 27.2 Å². The molecule has 0 saturated heterocycles. The molecule has 0 aliphatic rings. The summed E-state index contributed by atoms with van der Waals surface area (Å²) in [6, 6.07) is 22.0. The zero-order chi connectivity index (χ0) is 25.8. The average molecular weight is 485 g/mol. The third kappa shape index (κ3) is 4.93. The van der Waals surface area contributed by atoms with Crippen LogP contribution in [0.2, 0.25) is 0 Å². The second-order valence-corrected chi connectivity index (χ2v) is 8.48. The predicted molar refractivity (Wildman–Crippen MR) is 140 cm³/mol. The number of esters is 1. The van der Waals surface area contributed by atoms with Crippen molar-refractivity contribution in [3.8, 4) is 5.69 Å². The van der Waals surface area contributed by atoms with Gasteiger partial charge in [0.2, 0.25) is 0 Å². The summed E-state index contributed by atoms with van der Waals surface area (Å²) in [6.07, 6.45) is 0. The van der Waals surface area contributed by atoms with Gasteiger partial charge in [-0.1, -0.05) is 42.5 Å². The smallest absolute Gasteiger partial charge is 0.340 e. The maximum absolute atomic E-state index is 13.0. The first-order valence-corrected chi connectivity index (χ1v) is 11.5. The molecule has 0 unspecified atom stereocenters. The Hall–Kier alpha value is -4.59. The molecule has 184 valence electrons. The van der Waals surface area contributed by atoms with Gasteiger partial charge in [0.15, 0.2) is 6.61 Å². The lowest BCUT2D eigenvalue weighted by molar-refractivity contribution is -0.119. The molecule has 0 aliphatic heterocycles. The van der Waals surface area contributed by atoms with Gasteiger partial charge in [0, 0.05) is 12.7 Å². The second-order valence-electron chi connectivity index (χ2n) is 8.48. The van der Waals surface area contributed by atoms with Crippen molar-refractivity contribution in [2.24, 2.45) is 7.05 Å². The minimum absolute atomic E-state index is 0.138. The van der Waals surface area contributed by atoms with Crippen LogP contribution in [0.3, 0.4) is 0 Å². The minimum Gasteiger partial charge on any atom is -0.452 e. The Kier molecular flexibility index (Phi) is 7.05. The van der Waals surface area contributed by atoms with Crippen LogP contribution in [0.4, 0.5) is 17.1 Å². The predicted octanol–water partition coefficient (Wildman–Crippen LogP) is 4.64. The van der Waals surface area contributed by atoms with Gasteiger partial charge in [0.25, 0.3) is 11.5 Å². The molecule has 1 heterocycles. The zero-order valence-electron chi connectivity index (χ0n) is 20.7. The Bertz CT molecular complexity index is 1490. The fourth-order valence-electron chi connectivity index (χ4n) is 3.90. The van der Waals surface area contributed by atoms with Gasteiger partial charge in [0.1, 0.15) is 5.69 Å². The lowest BCUT2D eigenvalue weighted by Gasteiger charge is -2.14. The Labute approximate surface area is 209 Å². The number of nitrogens with one attached hydrogen (secondary N) is 2. The lowest BCUT2D eigenvalue weighted by Crippen LogP contribution is -2.26. The molecule has 0 fully saturated rings. The van der Waals surface area contributed by atoms with E-state index >= 15 is 0 Å². The van der Waals surface area contributed by atoms with Gasteiger partial charge in [0.05, 0.1) is 22.6 Å². The van der Waals surface area contributed by atoms with Crippen molar-refractivity contribution in [3.05, 3.63) is 106 Å². The van der Waals surface area contributed by atoms with E-state index < -0.39 is 18.5 Å². The number of ether oxygens (including phenoxy) is 1. The maximum Gasteiger partial charge on any atom is 0.340 e. The summed E-state index contributed by atoms with van der Waals surface area (Å²) in [4.78, 5) is 38.4. The van der Waals surface area contributed by atoms with Gasteiger partial charge in [-0.25, -0.2) is 9.48 Å². The van der Waals surface area contributed by atoms with Crippen molar-refractivity contribution < 1.29 is 14.3 Å². The van der Waals surface area contributed by atoms with Crippen LogP contribution in [0, 0.1) is 20.8 Å². The number of carbonyl (C=O) groups excluding carboxylic acids is 2. The van der Waals surface area contributed by atoms with E-state index in [1.165, 1.54) is 4.68 Å². The van der Waals surface area contributed by atoms with Crippen LogP contribution in [-0.2, 0) is 16.6 Å². The molecule has 4 aromatic rings. The maximum atomic E-state index is 13.0. The SMILES string of the molecule is Cc1cccc(Nc2ccccc2C(=O)OCC(=O)Nc2c(C)n(C)n(-c3ccccc3)c2=O)c1C. The molecule has 1 amide bonds. The van der Waals surface area contributed by atoms with E-state index in [1.54, 1.807) is 49.0 Å². The van der Waals surface area contributed by atoms with E-state index in [4.69, 9.17) is 4.74 Å². The Morgan fingerprint density at radius 1 is 0.861 bits per heavy atom. The van der Waals surface area contributed by atoms with Crippen LogP contribution < -0.4 is 16.2 Å². The summed E-state index contributed by atoms with van der Waals surface area (Å²) >= 11 is 0. The molecule has 0 saturated carbocycles. The van der Waals surface area contributed by atoms with Gasteiger partial charge in [-0.05, 0) is 62.2 Å². The van der Waals surface area contributed by atoms with Crippen molar-refractivity contribution in [3.63, 3.8) is 0 Å². The second kappa shape index (κ2) is 10.4. The summed E-state index contributed by atoms with van der Waals surface area (Å²) in [6.45, 7) is 5.22. The molecule has 0 radical (unpaired) electrons. The average Bonchev–Trinajstić information content (AvgIpc) is 3.09. The van der Waals surface area contributed by atoms with E-state index in [0.717, 1.165) is 16.8 Å². The number of amides is 1. The summed E-state index contributed by atoms with van der Waals surface area (Å²) < 4.78 is 8.41. The fourth-order valence-corrected chi connectivity index (χ4v) is 3.90. The number of anilines is 3. The molecule has 0 bridgehead atoms. The Morgan fingerprint density at radius 2 is 1.53 bits per heavy atom. The van der Waals surface area contributed by atoms with Crippen molar-refractivity contribution in [2.75, 3.05) is 17.2 Å². The van der Waals surface area contributed by atoms with Crippen LogP contribution in [0.25, 0.3) is 5.69 Å². The highest BCUT2D eigenvalue weighted by atomic mass is 16.5. The largest absolute Gasteiger partial charge is 0.452 e. The molecule has 3 aromatic carbocycles. The van der Waals surface area contributed by atoms with Crippen molar-refractivity contribution in [1.29, 1.82) is 0 Å². The monoisotopic (exact) mass is 484 g/mol. The summed E-state index contributed by atoms with van der Waals surface area (Å²) in [5.74, 6) is -1.25. The topological polar surface area (TPSA) is 94.4 Å². The van der Waals surface area contributed by atoms with Crippen molar-refractivity contribution in [2.45, 2.75) is 20.8 Å². The van der Waals surface area contributed by atoms with E-state index in [1.807, 2.05) is 56.3 Å². The first kappa shape index (κ1) is 24.5. The third-order valence-corrected chi connectivity index (χ3v) is 6.17. The van der Waals surface area contributed by atoms with Crippen LogP contribution >= 0.6 is 0 Å². The number of nitrogens with zero attached hydrogens (tertiary/aromatic N) is 2. The first-order chi connectivity index (χ1) is 17.3. The molecule has 1 aromatic heterocycles. The van der Waals surface area contributed by atoms with E-state index in [0.29, 0.717) is 22.6 Å². The van der Waals surface area contributed by atoms with Gasteiger partial charge < -0.3 is 15.4 Å². The number of hydrogen-bond acceptors (Lipinski definition) is 5. The number of aryl methyl sites for hydroxylation is 1. The molecule has 0 spiro atoms. The van der Waals surface area contributed by atoms with Crippen LogP contribution in [-0.4, -0.2) is 27.8 Å². The van der Waals surface area contributed by atoms with E-state index in [-0.39, 0.29) is 11.2 Å². The highest BCUT2D eigenvalue weighted by Crippen LogP contribution is 2.25.